The number of likely N-dealkylation sites (tertiary alicyclic amines) is 1. The molecule has 0 radical (unpaired) electrons. The third-order valence-electron chi connectivity index (χ3n) is 6.88. The summed E-state index contributed by atoms with van der Waals surface area (Å²) in [6, 6.07) is 19.6. The molecule has 6 nitrogen and oxygen atoms in total. The summed E-state index contributed by atoms with van der Waals surface area (Å²) in [6.45, 7) is 4.70. The number of carbonyl (C=O) groups excluding carboxylic acids is 3. The first-order chi connectivity index (χ1) is 17.5. The molecule has 0 spiro atoms. The molecule has 0 aliphatic carbocycles. The van der Waals surface area contributed by atoms with E-state index in [-0.39, 0.29) is 30.1 Å². The molecule has 1 saturated heterocycles. The topological polar surface area (TPSA) is 78.5 Å². The van der Waals surface area contributed by atoms with Crippen LogP contribution in [0.2, 0.25) is 0 Å². The molecular weight excluding hydrogens is 450 g/mol. The highest BCUT2D eigenvalue weighted by atomic mass is 16.2. The van der Waals surface area contributed by atoms with Gasteiger partial charge in [-0.3, -0.25) is 19.3 Å². The second kappa shape index (κ2) is 15.2. The van der Waals surface area contributed by atoms with Crippen molar-refractivity contribution in [3.63, 3.8) is 0 Å². The van der Waals surface area contributed by atoms with E-state index in [9.17, 15) is 14.4 Å². The molecule has 0 aromatic heterocycles. The van der Waals surface area contributed by atoms with E-state index in [0.717, 1.165) is 57.3 Å². The first-order valence-corrected chi connectivity index (χ1v) is 13.4. The molecule has 2 aromatic rings. The number of Topliss-reactive ketones (excluding diaryl/α,β-unsaturated/α-hetero) is 1. The zero-order valence-corrected chi connectivity index (χ0v) is 21.6. The molecule has 1 aliphatic rings. The maximum atomic E-state index is 13.2. The number of nitrogens with zero attached hydrogens (tertiary/aromatic N) is 1. The van der Waals surface area contributed by atoms with E-state index in [1.54, 1.807) is 0 Å². The quantitative estimate of drug-likeness (QED) is 0.384. The van der Waals surface area contributed by atoms with E-state index >= 15 is 0 Å². The first-order valence-electron chi connectivity index (χ1n) is 13.4. The molecular formula is C30H41N3O3. The summed E-state index contributed by atoms with van der Waals surface area (Å²) in [7, 11) is 0. The maximum absolute atomic E-state index is 13.2. The molecule has 0 bridgehead atoms. The van der Waals surface area contributed by atoms with Crippen molar-refractivity contribution in [2.45, 2.75) is 83.3 Å². The number of ketones is 1. The van der Waals surface area contributed by atoms with Gasteiger partial charge < -0.3 is 10.6 Å². The number of unbranched alkanes of at least 4 members (excludes halogenated alkanes) is 2. The van der Waals surface area contributed by atoms with Crippen LogP contribution in [0.15, 0.2) is 60.7 Å². The van der Waals surface area contributed by atoms with Gasteiger partial charge in [0.25, 0.3) is 0 Å². The minimum atomic E-state index is -0.551. The number of carbonyl (C=O) groups is 3. The van der Waals surface area contributed by atoms with Crippen LogP contribution >= 0.6 is 0 Å². The van der Waals surface area contributed by atoms with E-state index in [1.165, 1.54) is 5.56 Å². The summed E-state index contributed by atoms with van der Waals surface area (Å²) in [5.41, 5.74) is 2.24. The molecule has 36 heavy (non-hydrogen) atoms. The highest BCUT2D eigenvalue weighted by Gasteiger charge is 2.26. The molecule has 194 valence electrons. The number of piperidine rings is 1. The third-order valence-corrected chi connectivity index (χ3v) is 6.88. The molecule has 1 heterocycles. The second-order valence-electron chi connectivity index (χ2n) is 9.82. The predicted molar refractivity (Wildman–Crippen MR) is 143 cm³/mol. The lowest BCUT2D eigenvalue weighted by molar-refractivity contribution is -0.129. The molecule has 1 aliphatic heterocycles. The molecule has 2 amide bonds. The fourth-order valence-corrected chi connectivity index (χ4v) is 4.70. The number of rotatable bonds is 14. The van der Waals surface area contributed by atoms with Crippen molar-refractivity contribution in [3.05, 3.63) is 71.8 Å². The Morgan fingerprint density at radius 1 is 0.889 bits per heavy atom. The van der Waals surface area contributed by atoms with Crippen LogP contribution in [0.1, 0.15) is 69.4 Å². The molecule has 3 rings (SSSR count). The van der Waals surface area contributed by atoms with E-state index in [1.807, 2.05) is 43.3 Å². The van der Waals surface area contributed by atoms with Gasteiger partial charge in [0.2, 0.25) is 11.8 Å². The van der Waals surface area contributed by atoms with E-state index < -0.39 is 6.04 Å². The molecule has 2 N–H and O–H groups in total. The third kappa shape index (κ3) is 9.94. The predicted octanol–water partition coefficient (Wildman–Crippen LogP) is 4.42. The van der Waals surface area contributed by atoms with E-state index in [2.05, 4.69) is 39.8 Å². The highest BCUT2D eigenvalue weighted by molar-refractivity contribution is 5.88. The number of hydrogen-bond donors (Lipinski definition) is 2. The summed E-state index contributed by atoms with van der Waals surface area (Å²) >= 11 is 0. The highest BCUT2D eigenvalue weighted by Crippen LogP contribution is 2.15. The Morgan fingerprint density at radius 3 is 2.17 bits per heavy atom. The van der Waals surface area contributed by atoms with Crippen LogP contribution in [0, 0.1) is 0 Å². The fraction of sp³-hybridized carbons (Fsp3) is 0.500. The van der Waals surface area contributed by atoms with Gasteiger partial charge in [-0.2, -0.15) is 0 Å². The van der Waals surface area contributed by atoms with Crippen LogP contribution in [-0.4, -0.2) is 47.7 Å². The number of nitrogens with one attached hydrogen (secondary N) is 2. The van der Waals surface area contributed by atoms with Gasteiger partial charge in [0, 0.05) is 38.5 Å². The standard InChI is InChI=1S/C30H41N3O3/c1-2-27(34)16-10-5-11-17-28(32-29(35)22-24-12-6-3-7-13-24)30(36)31-26-18-20-33(21-19-26)23-25-14-8-4-9-15-25/h3-4,6-9,12-15,26,28H,2,5,10-11,16-23H2,1H3,(H,31,36)(H,32,35). The van der Waals surface area contributed by atoms with Gasteiger partial charge in [0.15, 0.2) is 0 Å². The Labute approximate surface area is 215 Å². The monoisotopic (exact) mass is 491 g/mol. The van der Waals surface area contributed by atoms with Crippen molar-refractivity contribution >= 4 is 17.6 Å². The van der Waals surface area contributed by atoms with Crippen molar-refractivity contribution in [3.8, 4) is 0 Å². The van der Waals surface area contributed by atoms with Gasteiger partial charge in [0.05, 0.1) is 6.42 Å². The Balaban J connectivity index is 1.48. The number of amides is 2. The second-order valence-corrected chi connectivity index (χ2v) is 9.82. The van der Waals surface area contributed by atoms with Crippen LogP contribution in [0.4, 0.5) is 0 Å². The zero-order chi connectivity index (χ0) is 25.6. The maximum Gasteiger partial charge on any atom is 0.242 e. The van der Waals surface area contributed by atoms with Gasteiger partial charge in [0.1, 0.15) is 11.8 Å². The lowest BCUT2D eigenvalue weighted by atomic mass is 10.0. The van der Waals surface area contributed by atoms with Crippen molar-refractivity contribution in [1.82, 2.24) is 15.5 Å². The summed E-state index contributed by atoms with van der Waals surface area (Å²) in [4.78, 5) is 39.9. The van der Waals surface area contributed by atoms with Crippen LogP contribution in [0.3, 0.4) is 0 Å². The molecule has 0 saturated carbocycles. The molecule has 1 atom stereocenters. The fourth-order valence-electron chi connectivity index (χ4n) is 4.70. The Bertz CT molecular complexity index is 940. The van der Waals surface area contributed by atoms with Crippen LogP contribution < -0.4 is 10.6 Å². The van der Waals surface area contributed by atoms with Gasteiger partial charge in [-0.1, -0.05) is 80.4 Å². The summed E-state index contributed by atoms with van der Waals surface area (Å²) in [5.74, 6) is 0.0433. The zero-order valence-electron chi connectivity index (χ0n) is 21.6. The number of benzene rings is 2. The van der Waals surface area contributed by atoms with Gasteiger partial charge in [-0.15, -0.1) is 0 Å². The Morgan fingerprint density at radius 2 is 1.53 bits per heavy atom. The average molecular weight is 492 g/mol. The van der Waals surface area contributed by atoms with Gasteiger partial charge >= 0.3 is 0 Å². The van der Waals surface area contributed by atoms with Gasteiger partial charge in [-0.25, -0.2) is 0 Å². The van der Waals surface area contributed by atoms with Crippen molar-refractivity contribution in [2.75, 3.05) is 13.1 Å². The summed E-state index contributed by atoms with van der Waals surface area (Å²) < 4.78 is 0. The van der Waals surface area contributed by atoms with Crippen LogP contribution in [0.25, 0.3) is 0 Å². The molecule has 1 fully saturated rings. The van der Waals surface area contributed by atoms with Crippen molar-refractivity contribution in [1.29, 1.82) is 0 Å². The minimum absolute atomic E-state index is 0.0949. The Kier molecular flexibility index (Phi) is 11.6. The van der Waals surface area contributed by atoms with Crippen molar-refractivity contribution < 1.29 is 14.4 Å². The van der Waals surface area contributed by atoms with Crippen LogP contribution in [0.5, 0.6) is 0 Å². The van der Waals surface area contributed by atoms with Gasteiger partial charge in [-0.05, 0) is 36.8 Å². The number of hydrogen-bond acceptors (Lipinski definition) is 4. The minimum Gasteiger partial charge on any atom is -0.351 e. The normalized spacial score (nSPS) is 15.2. The van der Waals surface area contributed by atoms with Crippen LogP contribution in [-0.2, 0) is 27.3 Å². The largest absolute Gasteiger partial charge is 0.351 e. The molecule has 6 heteroatoms. The molecule has 1 unspecified atom stereocenters. The first kappa shape index (κ1) is 27.6. The average Bonchev–Trinajstić information content (AvgIpc) is 2.90. The Hall–Kier alpha value is -2.99. The lowest BCUT2D eigenvalue weighted by Crippen LogP contribution is -2.52. The molecule has 2 aromatic carbocycles. The lowest BCUT2D eigenvalue weighted by Gasteiger charge is -2.33. The van der Waals surface area contributed by atoms with E-state index in [4.69, 9.17) is 0 Å². The van der Waals surface area contributed by atoms with Crippen molar-refractivity contribution in [2.24, 2.45) is 0 Å². The smallest absolute Gasteiger partial charge is 0.242 e. The van der Waals surface area contributed by atoms with E-state index in [0.29, 0.717) is 19.3 Å². The SMILES string of the molecule is CCC(=O)CCCCCC(NC(=O)Cc1ccccc1)C(=O)NC1CCN(Cc2ccccc2)CC1. The summed E-state index contributed by atoms with van der Waals surface area (Å²) in [5, 5.41) is 6.19. The summed E-state index contributed by atoms with van der Waals surface area (Å²) in [6.07, 6.45) is 6.33.